The van der Waals surface area contributed by atoms with Crippen molar-refractivity contribution in [1.82, 2.24) is 9.88 Å². The molecule has 0 aromatic carbocycles. The monoisotopic (exact) mass is 438 g/mol. The van der Waals surface area contributed by atoms with Crippen LogP contribution in [-0.4, -0.2) is 45.5 Å². The number of likely N-dealkylation sites (tertiary alicyclic amines) is 1. The normalized spacial score (nSPS) is 26.3. The molecule has 0 spiro atoms. The molecule has 1 aliphatic heterocycles. The van der Waals surface area contributed by atoms with Gasteiger partial charge in [-0.3, -0.25) is 14.5 Å². The van der Waals surface area contributed by atoms with Crippen LogP contribution < -0.4 is 11.1 Å². The Morgan fingerprint density at radius 1 is 1.33 bits per heavy atom. The Bertz CT molecular complexity index is 822. The molecule has 1 aliphatic carbocycles. The molecule has 0 radical (unpaired) electrons. The van der Waals surface area contributed by atoms with Gasteiger partial charge in [0.05, 0.1) is 11.5 Å². The van der Waals surface area contributed by atoms with E-state index in [1.807, 2.05) is 13.0 Å². The highest BCUT2D eigenvalue weighted by atomic mass is 79.9. The summed E-state index contributed by atoms with van der Waals surface area (Å²) in [6, 6.07) is 2.34. The van der Waals surface area contributed by atoms with Gasteiger partial charge in [0.1, 0.15) is 22.1 Å². The van der Waals surface area contributed by atoms with Crippen molar-refractivity contribution in [3.8, 4) is 0 Å². The van der Waals surface area contributed by atoms with Crippen LogP contribution in [0.5, 0.6) is 0 Å². The quantitative estimate of drug-likeness (QED) is 0.702. The van der Waals surface area contributed by atoms with Crippen LogP contribution >= 0.6 is 15.9 Å². The number of anilines is 1. The van der Waals surface area contributed by atoms with Crippen molar-refractivity contribution >= 4 is 39.7 Å². The van der Waals surface area contributed by atoms with E-state index in [0.717, 1.165) is 5.56 Å². The van der Waals surface area contributed by atoms with Crippen LogP contribution in [0.3, 0.4) is 0 Å². The molecule has 27 heavy (non-hydrogen) atoms. The molecule has 8 nitrogen and oxygen atoms in total. The number of primary amides is 1. The Balaban J connectivity index is 1.85. The molecule has 2 fully saturated rings. The second-order valence-electron chi connectivity index (χ2n) is 8.14. The van der Waals surface area contributed by atoms with Gasteiger partial charge >= 0.3 is 6.09 Å². The number of carbonyl (C=O) groups is 3. The number of nitrogens with one attached hydrogen (secondary N) is 1. The second kappa shape index (κ2) is 6.47. The van der Waals surface area contributed by atoms with Gasteiger partial charge in [-0.2, -0.15) is 0 Å². The van der Waals surface area contributed by atoms with Crippen LogP contribution in [0.25, 0.3) is 0 Å². The average Bonchev–Trinajstić information content (AvgIpc) is 3.15. The molecule has 146 valence electrons. The summed E-state index contributed by atoms with van der Waals surface area (Å²) in [6.07, 6.45) is 0.0252. The van der Waals surface area contributed by atoms with Crippen LogP contribution in [0.4, 0.5) is 10.6 Å². The Labute approximate surface area is 165 Å². The first-order valence-corrected chi connectivity index (χ1v) is 9.49. The number of piperidine rings is 1. The maximum Gasteiger partial charge on any atom is 0.411 e. The van der Waals surface area contributed by atoms with Crippen LogP contribution in [-0.2, 0) is 14.3 Å². The zero-order valence-electron chi connectivity index (χ0n) is 15.7. The molecule has 2 aliphatic rings. The summed E-state index contributed by atoms with van der Waals surface area (Å²) in [5, 5.41) is 2.76. The minimum absolute atomic E-state index is 0.186. The van der Waals surface area contributed by atoms with Gasteiger partial charge in [0.25, 0.3) is 0 Å². The van der Waals surface area contributed by atoms with E-state index in [2.05, 4.69) is 26.2 Å². The fraction of sp³-hybridized carbons (Fsp3) is 0.556. The van der Waals surface area contributed by atoms with E-state index >= 15 is 0 Å². The second-order valence-corrected chi connectivity index (χ2v) is 8.95. The first-order valence-electron chi connectivity index (χ1n) is 8.70. The number of fused-ring (bicyclic) bond motifs is 1. The number of aryl methyl sites for hydroxylation is 1. The maximum absolute atomic E-state index is 12.9. The van der Waals surface area contributed by atoms with Crippen LogP contribution in [0.15, 0.2) is 16.7 Å². The summed E-state index contributed by atoms with van der Waals surface area (Å²) in [5.74, 6) is -0.511. The van der Waals surface area contributed by atoms with E-state index in [-0.39, 0.29) is 6.42 Å². The summed E-state index contributed by atoms with van der Waals surface area (Å²) in [5.41, 5.74) is 4.77. The van der Waals surface area contributed by atoms with Gasteiger partial charge in [0.2, 0.25) is 11.8 Å². The molecule has 1 aromatic heterocycles. The highest BCUT2D eigenvalue weighted by molar-refractivity contribution is 9.10. The number of halogens is 1. The molecule has 2 heterocycles. The lowest BCUT2D eigenvalue weighted by Crippen LogP contribution is -2.47. The fourth-order valence-corrected chi connectivity index (χ4v) is 3.83. The van der Waals surface area contributed by atoms with Crippen molar-refractivity contribution in [2.45, 2.75) is 58.2 Å². The molecule has 3 atom stereocenters. The van der Waals surface area contributed by atoms with E-state index in [0.29, 0.717) is 16.8 Å². The lowest BCUT2D eigenvalue weighted by Gasteiger charge is -2.29. The molecule has 3 amide bonds. The Kier molecular flexibility index (Phi) is 4.70. The van der Waals surface area contributed by atoms with Crippen molar-refractivity contribution in [1.29, 1.82) is 0 Å². The number of rotatable bonds is 3. The van der Waals surface area contributed by atoms with Gasteiger partial charge in [0, 0.05) is 0 Å². The predicted molar refractivity (Wildman–Crippen MR) is 102 cm³/mol. The predicted octanol–water partition coefficient (Wildman–Crippen LogP) is 2.34. The van der Waals surface area contributed by atoms with Gasteiger partial charge in [-0.15, -0.1) is 0 Å². The molecule has 9 heteroatoms. The third-order valence-corrected chi connectivity index (χ3v) is 5.41. The average molecular weight is 439 g/mol. The minimum atomic E-state index is -0.849. The van der Waals surface area contributed by atoms with Crippen LogP contribution in [0.1, 0.15) is 39.2 Å². The van der Waals surface area contributed by atoms with Crippen LogP contribution in [0, 0.1) is 12.3 Å². The van der Waals surface area contributed by atoms with E-state index in [4.69, 9.17) is 10.5 Å². The summed E-state index contributed by atoms with van der Waals surface area (Å²) in [4.78, 5) is 43.2. The topological polar surface area (TPSA) is 115 Å². The molecule has 1 aromatic rings. The lowest BCUT2D eigenvalue weighted by atomic mass is 9.98. The van der Waals surface area contributed by atoms with Gasteiger partial charge in [-0.05, 0) is 68.1 Å². The van der Waals surface area contributed by atoms with Crippen molar-refractivity contribution < 1.29 is 19.1 Å². The van der Waals surface area contributed by atoms with Gasteiger partial charge in [-0.25, -0.2) is 9.78 Å². The number of amides is 3. The number of aromatic nitrogens is 1. The van der Waals surface area contributed by atoms with Gasteiger partial charge < -0.3 is 15.8 Å². The van der Waals surface area contributed by atoms with Gasteiger partial charge in [-0.1, -0.05) is 6.07 Å². The third kappa shape index (κ3) is 3.65. The van der Waals surface area contributed by atoms with Gasteiger partial charge in [0.15, 0.2) is 0 Å². The smallest absolute Gasteiger partial charge is 0.411 e. The Morgan fingerprint density at radius 2 is 2.00 bits per heavy atom. The number of pyridine rings is 1. The highest BCUT2D eigenvalue weighted by Crippen LogP contribution is 2.59. The number of hydrogen-bond acceptors (Lipinski definition) is 5. The standard InChI is InChI=1S/C18H23BrN4O4/c1-9-5-6-12(19)21-13(9)22-14(24)10-7-18(15(20)25)8-11(18)23(10)16(26)27-17(2,3)4/h5-6,10-11H,7-8H2,1-4H3,(H2,20,25)(H,21,22,24)/t10-,11?,18+/m0/s1. The number of nitrogens with zero attached hydrogens (tertiary/aromatic N) is 2. The highest BCUT2D eigenvalue weighted by Gasteiger charge is 2.71. The van der Waals surface area contributed by atoms with Crippen LogP contribution in [0.2, 0.25) is 0 Å². The van der Waals surface area contributed by atoms with Crippen molar-refractivity contribution in [3.63, 3.8) is 0 Å². The van der Waals surface area contributed by atoms with E-state index in [1.54, 1.807) is 26.8 Å². The molecular formula is C18H23BrN4O4. The third-order valence-electron chi connectivity index (χ3n) is 4.97. The van der Waals surface area contributed by atoms with E-state index in [9.17, 15) is 14.4 Å². The first-order chi connectivity index (χ1) is 12.4. The molecule has 0 bridgehead atoms. The summed E-state index contributed by atoms with van der Waals surface area (Å²) < 4.78 is 6.03. The number of nitrogens with two attached hydrogens (primary N) is 1. The van der Waals surface area contributed by atoms with Crippen molar-refractivity contribution in [2.24, 2.45) is 11.1 Å². The van der Waals surface area contributed by atoms with Crippen molar-refractivity contribution in [2.75, 3.05) is 5.32 Å². The Morgan fingerprint density at radius 3 is 2.59 bits per heavy atom. The maximum atomic E-state index is 12.9. The molecule has 3 rings (SSSR count). The lowest BCUT2D eigenvalue weighted by molar-refractivity contribution is -0.123. The molecule has 1 saturated carbocycles. The fourth-order valence-electron chi connectivity index (χ4n) is 3.52. The van der Waals surface area contributed by atoms with Crippen molar-refractivity contribution in [3.05, 3.63) is 22.3 Å². The zero-order chi connectivity index (χ0) is 20.1. The number of carbonyl (C=O) groups excluding carboxylic acids is 3. The molecular weight excluding hydrogens is 416 g/mol. The van der Waals surface area contributed by atoms with E-state index in [1.165, 1.54) is 4.90 Å². The first kappa shape index (κ1) is 19.6. The molecule has 1 unspecified atom stereocenters. The largest absolute Gasteiger partial charge is 0.444 e. The summed E-state index contributed by atoms with van der Waals surface area (Å²) in [6.45, 7) is 7.06. The minimum Gasteiger partial charge on any atom is -0.444 e. The zero-order valence-corrected chi connectivity index (χ0v) is 17.3. The summed E-state index contributed by atoms with van der Waals surface area (Å²) >= 11 is 3.27. The Hall–Kier alpha value is -2.16. The number of hydrogen-bond donors (Lipinski definition) is 2. The number of ether oxygens (including phenoxy) is 1. The summed E-state index contributed by atoms with van der Waals surface area (Å²) in [7, 11) is 0. The SMILES string of the molecule is Cc1ccc(Br)nc1NC(=O)[C@@H]1C[C@@]2(C(N)=O)CC2N1C(=O)OC(C)(C)C. The molecule has 3 N–H and O–H groups in total. The van der Waals surface area contributed by atoms with E-state index < -0.39 is 41.0 Å². The molecule has 1 saturated heterocycles.